The lowest BCUT2D eigenvalue weighted by Crippen LogP contribution is -2.15. The van der Waals surface area contributed by atoms with E-state index in [2.05, 4.69) is 20.8 Å². The summed E-state index contributed by atoms with van der Waals surface area (Å²) in [5.41, 5.74) is 0. The molecule has 43 heavy (non-hydrogen) atoms. The van der Waals surface area contributed by atoms with Crippen molar-refractivity contribution >= 4 is 0 Å². The summed E-state index contributed by atoms with van der Waals surface area (Å²) in [6, 6.07) is 0. The van der Waals surface area contributed by atoms with Gasteiger partial charge >= 0.3 is 0 Å². The molecule has 0 heterocycles. The molecule has 0 radical (unpaired) electrons. The molecule has 0 N–H and O–H groups in total. The minimum atomic E-state index is 0.521. The van der Waals surface area contributed by atoms with Crippen molar-refractivity contribution in [2.75, 3.05) is 159 Å². The second kappa shape index (κ2) is 39.5. The first-order valence-electron chi connectivity index (χ1n) is 16.2. The minimum Gasteiger partial charge on any atom is -0.379 e. The van der Waals surface area contributed by atoms with E-state index in [1.165, 1.54) is 0 Å². The summed E-state index contributed by atoms with van der Waals surface area (Å²) in [4.78, 5) is 0. The predicted molar refractivity (Wildman–Crippen MR) is 164 cm³/mol. The normalized spacial score (nSPS) is 11.7. The molecule has 0 fully saturated rings. The maximum absolute atomic E-state index is 5.49. The third kappa shape index (κ3) is 41.5. The molecule has 0 bridgehead atoms. The van der Waals surface area contributed by atoms with Crippen LogP contribution in [-0.2, 0) is 56.8 Å². The molecular weight excluding hydrogens is 564 g/mol. The lowest BCUT2D eigenvalue weighted by molar-refractivity contribution is -0.0284. The van der Waals surface area contributed by atoms with E-state index in [4.69, 9.17) is 56.8 Å². The van der Waals surface area contributed by atoms with Crippen molar-refractivity contribution in [3.8, 4) is 0 Å². The van der Waals surface area contributed by atoms with Crippen LogP contribution in [0.15, 0.2) is 0 Å². The average molecular weight is 629 g/mol. The van der Waals surface area contributed by atoms with Gasteiger partial charge in [0.15, 0.2) is 0 Å². The number of hydrogen-bond acceptors (Lipinski definition) is 12. The van der Waals surface area contributed by atoms with Crippen LogP contribution in [0.2, 0.25) is 0 Å². The molecule has 0 aliphatic heterocycles. The van der Waals surface area contributed by atoms with Crippen LogP contribution in [-0.4, -0.2) is 159 Å². The van der Waals surface area contributed by atoms with Crippen molar-refractivity contribution in [2.45, 2.75) is 40.0 Å². The van der Waals surface area contributed by atoms with Gasteiger partial charge in [-0.2, -0.15) is 0 Å². The van der Waals surface area contributed by atoms with Gasteiger partial charge in [0.05, 0.1) is 145 Å². The maximum Gasteiger partial charge on any atom is 0.0701 e. The fourth-order valence-corrected chi connectivity index (χ4v) is 3.09. The molecule has 0 spiro atoms. The number of hydrogen-bond donors (Lipinski definition) is 0. The lowest BCUT2D eigenvalue weighted by Gasteiger charge is -2.09. The Morgan fingerprint density at radius 2 is 0.465 bits per heavy atom. The SMILES string of the molecule is CCCCOCCOCCOCCOCCOCCOCCOCCOCCOCCOCCOCCOCCC(C)C. The molecule has 0 aromatic carbocycles. The minimum absolute atomic E-state index is 0.521. The first-order valence-corrected chi connectivity index (χ1v) is 16.2. The van der Waals surface area contributed by atoms with Crippen molar-refractivity contribution in [3.63, 3.8) is 0 Å². The highest BCUT2D eigenvalue weighted by Gasteiger charge is 1.97. The zero-order valence-electron chi connectivity index (χ0n) is 27.6. The summed E-state index contributed by atoms with van der Waals surface area (Å²) in [5, 5.41) is 0. The Hall–Kier alpha value is -0.480. The Kier molecular flexibility index (Phi) is 39.1. The van der Waals surface area contributed by atoms with Gasteiger partial charge in [-0.1, -0.05) is 27.2 Å². The van der Waals surface area contributed by atoms with Gasteiger partial charge in [-0.15, -0.1) is 0 Å². The molecule has 0 saturated heterocycles. The molecule has 0 amide bonds. The summed E-state index contributed by atoms with van der Waals surface area (Å²) in [6.07, 6.45) is 3.33. The number of rotatable bonds is 39. The van der Waals surface area contributed by atoms with Crippen molar-refractivity contribution < 1.29 is 56.8 Å². The van der Waals surface area contributed by atoms with Gasteiger partial charge in [0, 0.05) is 13.2 Å². The van der Waals surface area contributed by atoms with E-state index in [0.29, 0.717) is 151 Å². The summed E-state index contributed by atoms with van der Waals surface area (Å²) in [6.45, 7) is 20.2. The Morgan fingerprint density at radius 3 is 0.651 bits per heavy atom. The average Bonchev–Trinajstić information content (AvgIpc) is 3.00. The second-order valence-corrected chi connectivity index (χ2v) is 9.88. The van der Waals surface area contributed by atoms with E-state index in [-0.39, 0.29) is 0 Å². The van der Waals surface area contributed by atoms with Crippen LogP contribution in [0.3, 0.4) is 0 Å². The monoisotopic (exact) mass is 628 g/mol. The molecule has 0 saturated carbocycles. The summed E-state index contributed by atoms with van der Waals surface area (Å²) < 4.78 is 65.6. The molecule has 0 aliphatic rings. The predicted octanol–water partition coefficient (Wildman–Crippen LogP) is 3.03. The van der Waals surface area contributed by atoms with Gasteiger partial charge in [-0.05, 0) is 18.8 Å². The summed E-state index contributed by atoms with van der Waals surface area (Å²) in [7, 11) is 0. The zero-order valence-corrected chi connectivity index (χ0v) is 27.6. The standard InChI is InChI=1S/C31H64O12/c1-4-5-7-32-9-11-34-13-15-36-17-19-38-21-23-40-25-27-42-29-30-43-28-26-41-24-22-39-20-18-37-16-14-35-12-10-33-8-6-31(2)3/h31H,4-30H2,1-3H3. The van der Waals surface area contributed by atoms with Crippen LogP contribution in [0.4, 0.5) is 0 Å². The highest BCUT2D eigenvalue weighted by molar-refractivity contribution is 4.43. The van der Waals surface area contributed by atoms with Gasteiger partial charge in [0.25, 0.3) is 0 Å². The topological polar surface area (TPSA) is 111 Å². The largest absolute Gasteiger partial charge is 0.379 e. The molecule has 0 atom stereocenters. The Balaban J connectivity index is 3.03. The van der Waals surface area contributed by atoms with E-state index < -0.39 is 0 Å². The van der Waals surface area contributed by atoms with Crippen LogP contribution in [0.1, 0.15) is 40.0 Å². The lowest BCUT2D eigenvalue weighted by atomic mass is 10.1. The fourth-order valence-electron chi connectivity index (χ4n) is 3.09. The number of unbranched alkanes of at least 4 members (excludes halogenated alkanes) is 1. The Bertz CT molecular complexity index is 488. The van der Waals surface area contributed by atoms with Crippen molar-refractivity contribution in [2.24, 2.45) is 5.92 Å². The fraction of sp³-hybridized carbons (Fsp3) is 1.00. The molecule has 0 aromatic heterocycles. The third-order valence-corrected chi connectivity index (χ3v) is 5.57. The van der Waals surface area contributed by atoms with E-state index in [0.717, 1.165) is 32.5 Å². The van der Waals surface area contributed by atoms with Crippen LogP contribution in [0.25, 0.3) is 0 Å². The smallest absolute Gasteiger partial charge is 0.0701 e. The molecule has 0 unspecified atom stereocenters. The summed E-state index contributed by atoms with van der Waals surface area (Å²) >= 11 is 0. The van der Waals surface area contributed by atoms with Gasteiger partial charge in [0.1, 0.15) is 0 Å². The van der Waals surface area contributed by atoms with E-state index in [9.17, 15) is 0 Å². The molecule has 0 rings (SSSR count). The van der Waals surface area contributed by atoms with E-state index >= 15 is 0 Å². The zero-order chi connectivity index (χ0) is 31.2. The van der Waals surface area contributed by atoms with E-state index in [1.54, 1.807) is 0 Å². The Labute approximate surface area is 261 Å². The van der Waals surface area contributed by atoms with Crippen molar-refractivity contribution in [3.05, 3.63) is 0 Å². The van der Waals surface area contributed by atoms with Crippen LogP contribution < -0.4 is 0 Å². The maximum atomic E-state index is 5.49. The molecule has 0 aromatic rings. The molecular formula is C31H64O12. The van der Waals surface area contributed by atoms with Gasteiger partial charge in [-0.25, -0.2) is 0 Å². The van der Waals surface area contributed by atoms with Crippen molar-refractivity contribution in [1.29, 1.82) is 0 Å². The first kappa shape index (κ1) is 42.5. The second-order valence-electron chi connectivity index (χ2n) is 9.88. The molecule has 260 valence electrons. The van der Waals surface area contributed by atoms with Crippen LogP contribution >= 0.6 is 0 Å². The Morgan fingerprint density at radius 1 is 0.279 bits per heavy atom. The van der Waals surface area contributed by atoms with E-state index in [1.807, 2.05) is 0 Å². The first-order chi connectivity index (χ1) is 21.3. The highest BCUT2D eigenvalue weighted by Crippen LogP contribution is 1.98. The highest BCUT2D eigenvalue weighted by atomic mass is 16.6. The summed E-state index contributed by atoms with van der Waals surface area (Å²) in [5.74, 6) is 0.670. The van der Waals surface area contributed by atoms with Crippen LogP contribution in [0.5, 0.6) is 0 Å². The molecule has 12 nitrogen and oxygen atoms in total. The number of ether oxygens (including phenoxy) is 12. The van der Waals surface area contributed by atoms with Gasteiger partial charge < -0.3 is 56.8 Å². The van der Waals surface area contributed by atoms with Gasteiger partial charge in [-0.3, -0.25) is 0 Å². The van der Waals surface area contributed by atoms with Crippen molar-refractivity contribution in [1.82, 2.24) is 0 Å². The third-order valence-electron chi connectivity index (χ3n) is 5.57. The molecule has 12 heteroatoms. The molecule has 0 aliphatic carbocycles. The van der Waals surface area contributed by atoms with Crippen LogP contribution in [0, 0.1) is 5.92 Å². The quantitative estimate of drug-likeness (QED) is 0.0934. The van der Waals surface area contributed by atoms with Gasteiger partial charge in [0.2, 0.25) is 0 Å².